The molecule has 2 heterocycles. The number of thiophene rings is 1. The van der Waals surface area contributed by atoms with Crippen LogP contribution in [0.3, 0.4) is 0 Å². The van der Waals surface area contributed by atoms with Crippen LogP contribution in [0.2, 0.25) is 0 Å². The zero-order valence-corrected chi connectivity index (χ0v) is 19.9. The first-order valence-corrected chi connectivity index (χ1v) is 10.9. The second-order valence-corrected chi connectivity index (χ2v) is 7.97. The Morgan fingerprint density at radius 2 is 1.77 bits per heavy atom. The summed E-state index contributed by atoms with van der Waals surface area (Å²) in [7, 11) is 2.05. The molecule has 0 aliphatic carbocycles. The predicted molar refractivity (Wildman–Crippen MR) is 124 cm³/mol. The molecule has 0 spiro atoms. The molecule has 0 saturated heterocycles. The van der Waals surface area contributed by atoms with Gasteiger partial charge in [-0.2, -0.15) is 5.26 Å². The van der Waals surface area contributed by atoms with E-state index in [1.165, 1.54) is 11.3 Å². The molecule has 0 unspecified atom stereocenters. The molecule has 0 saturated carbocycles. The van der Waals surface area contributed by atoms with E-state index in [1.54, 1.807) is 12.1 Å². The third kappa shape index (κ3) is 5.42. The second-order valence-electron chi connectivity index (χ2n) is 6.86. The first-order chi connectivity index (χ1) is 14.5. The van der Waals surface area contributed by atoms with E-state index in [9.17, 15) is 10.1 Å². The topological polar surface area (TPSA) is 83.8 Å². The van der Waals surface area contributed by atoms with Crippen LogP contribution in [-0.4, -0.2) is 44.2 Å². The van der Waals surface area contributed by atoms with E-state index in [0.717, 1.165) is 30.0 Å². The summed E-state index contributed by atoms with van der Waals surface area (Å²) in [4.78, 5) is 16.4. The number of likely N-dealkylation sites (N-methyl/N-ethyl adjacent to an activating group) is 1. The van der Waals surface area contributed by atoms with Gasteiger partial charge in [0.2, 0.25) is 5.75 Å². The fourth-order valence-electron chi connectivity index (χ4n) is 3.43. The summed E-state index contributed by atoms with van der Waals surface area (Å²) in [6.07, 6.45) is 0.813. The number of fused-ring (bicyclic) bond motifs is 1. The first-order valence-electron chi connectivity index (χ1n) is 10.1. The number of nitrogens with zero attached hydrogens (tertiary/aromatic N) is 2. The van der Waals surface area contributed by atoms with Gasteiger partial charge in [-0.15, -0.1) is 23.7 Å². The predicted octanol–water partition coefficient (Wildman–Crippen LogP) is 4.48. The Bertz CT molecular complexity index is 943. The van der Waals surface area contributed by atoms with Gasteiger partial charge >= 0.3 is 0 Å². The molecular formula is C22H28ClN3O4S. The summed E-state index contributed by atoms with van der Waals surface area (Å²) in [6.45, 7) is 8.62. The zero-order chi connectivity index (χ0) is 21.7. The molecule has 1 amide bonds. The van der Waals surface area contributed by atoms with Crippen LogP contribution in [-0.2, 0) is 13.0 Å². The molecule has 1 N–H and O–H groups in total. The van der Waals surface area contributed by atoms with E-state index in [4.69, 9.17) is 14.2 Å². The van der Waals surface area contributed by atoms with Crippen LogP contribution in [0, 0.1) is 11.3 Å². The molecule has 168 valence electrons. The van der Waals surface area contributed by atoms with Gasteiger partial charge in [-0.1, -0.05) is 0 Å². The first kappa shape index (κ1) is 24.8. The molecule has 2 aromatic rings. The standard InChI is InChI=1S/C22H27N3O4S.ClH/c1-5-27-17-10-14(11-18(28-6-2)20(17)29-7-3)21(26)24-22-16(12-23)15-8-9-25(4)13-19(15)30-22;/h10-11H,5-9,13H2,1-4H3,(H,24,26);1H. The minimum Gasteiger partial charge on any atom is -0.490 e. The average molecular weight is 466 g/mol. The van der Waals surface area contributed by atoms with Crippen molar-refractivity contribution in [2.45, 2.75) is 33.7 Å². The summed E-state index contributed by atoms with van der Waals surface area (Å²) in [5, 5.41) is 13.2. The van der Waals surface area contributed by atoms with Gasteiger partial charge in [0.25, 0.3) is 5.91 Å². The maximum atomic E-state index is 13.1. The number of hydrogen-bond donors (Lipinski definition) is 1. The Balaban J connectivity index is 0.00000341. The van der Waals surface area contributed by atoms with E-state index in [0.29, 0.717) is 53.2 Å². The highest BCUT2D eigenvalue weighted by atomic mass is 35.5. The van der Waals surface area contributed by atoms with Gasteiger partial charge in [0.15, 0.2) is 11.5 Å². The van der Waals surface area contributed by atoms with E-state index in [1.807, 2.05) is 20.8 Å². The Morgan fingerprint density at radius 3 is 2.32 bits per heavy atom. The molecule has 31 heavy (non-hydrogen) atoms. The van der Waals surface area contributed by atoms with Crippen molar-refractivity contribution < 1.29 is 19.0 Å². The van der Waals surface area contributed by atoms with Crippen LogP contribution in [0.5, 0.6) is 17.2 Å². The van der Waals surface area contributed by atoms with Crippen molar-refractivity contribution >= 4 is 34.7 Å². The third-order valence-corrected chi connectivity index (χ3v) is 5.89. The molecule has 3 rings (SSSR count). The molecule has 1 aliphatic heterocycles. The summed E-state index contributed by atoms with van der Waals surface area (Å²) in [6, 6.07) is 5.58. The van der Waals surface area contributed by atoms with Crippen molar-refractivity contribution in [1.29, 1.82) is 5.26 Å². The number of ether oxygens (including phenoxy) is 3. The number of nitrogens with one attached hydrogen (secondary N) is 1. The van der Waals surface area contributed by atoms with E-state index in [2.05, 4.69) is 23.3 Å². The van der Waals surface area contributed by atoms with Crippen LogP contribution in [0.1, 0.15) is 47.1 Å². The molecule has 1 aliphatic rings. The van der Waals surface area contributed by atoms with Crippen molar-refractivity contribution in [3.8, 4) is 23.3 Å². The number of carbonyl (C=O) groups is 1. The van der Waals surface area contributed by atoms with E-state index >= 15 is 0 Å². The van der Waals surface area contributed by atoms with Crippen LogP contribution in [0.15, 0.2) is 12.1 Å². The van der Waals surface area contributed by atoms with Crippen molar-refractivity contribution in [1.82, 2.24) is 4.90 Å². The third-order valence-electron chi connectivity index (χ3n) is 4.76. The lowest BCUT2D eigenvalue weighted by Gasteiger charge is -2.21. The highest BCUT2D eigenvalue weighted by Gasteiger charge is 2.25. The smallest absolute Gasteiger partial charge is 0.256 e. The molecule has 1 aromatic heterocycles. The molecule has 0 bridgehead atoms. The Hall–Kier alpha value is -2.47. The van der Waals surface area contributed by atoms with Crippen molar-refractivity contribution in [2.75, 3.05) is 38.7 Å². The Morgan fingerprint density at radius 1 is 1.16 bits per heavy atom. The number of rotatable bonds is 8. The number of halogens is 1. The molecule has 9 heteroatoms. The largest absolute Gasteiger partial charge is 0.490 e. The molecule has 1 aromatic carbocycles. The highest BCUT2D eigenvalue weighted by Crippen LogP contribution is 2.40. The van der Waals surface area contributed by atoms with Gasteiger partial charge < -0.3 is 24.4 Å². The van der Waals surface area contributed by atoms with E-state index < -0.39 is 0 Å². The zero-order valence-electron chi connectivity index (χ0n) is 18.2. The van der Waals surface area contributed by atoms with Gasteiger partial charge in [-0.25, -0.2) is 0 Å². The van der Waals surface area contributed by atoms with Gasteiger partial charge in [0.1, 0.15) is 11.1 Å². The minimum absolute atomic E-state index is 0. The van der Waals surface area contributed by atoms with Crippen LogP contribution in [0.25, 0.3) is 0 Å². The van der Waals surface area contributed by atoms with E-state index in [-0.39, 0.29) is 18.3 Å². The summed E-state index contributed by atoms with van der Waals surface area (Å²) in [5.74, 6) is 1.10. The lowest BCUT2D eigenvalue weighted by Crippen LogP contribution is -2.25. The quantitative estimate of drug-likeness (QED) is 0.618. The monoisotopic (exact) mass is 465 g/mol. The molecule has 7 nitrogen and oxygen atoms in total. The van der Waals surface area contributed by atoms with Gasteiger partial charge in [-0.05, 0) is 51.9 Å². The minimum atomic E-state index is -0.316. The Labute approximate surface area is 193 Å². The van der Waals surface area contributed by atoms with Crippen molar-refractivity contribution in [3.05, 3.63) is 33.7 Å². The fraction of sp³-hybridized carbons (Fsp3) is 0.455. The van der Waals surface area contributed by atoms with Crippen LogP contribution < -0.4 is 19.5 Å². The van der Waals surface area contributed by atoms with Crippen LogP contribution in [0.4, 0.5) is 5.00 Å². The normalized spacial score (nSPS) is 12.9. The van der Waals surface area contributed by atoms with Gasteiger partial charge in [-0.3, -0.25) is 4.79 Å². The van der Waals surface area contributed by atoms with Crippen molar-refractivity contribution in [3.63, 3.8) is 0 Å². The Kier molecular flexibility index (Phi) is 8.99. The number of nitriles is 1. The molecule has 0 radical (unpaired) electrons. The molecular weight excluding hydrogens is 438 g/mol. The van der Waals surface area contributed by atoms with Gasteiger partial charge in [0, 0.05) is 23.5 Å². The van der Waals surface area contributed by atoms with Crippen molar-refractivity contribution in [2.24, 2.45) is 0 Å². The SMILES string of the molecule is CCOc1cc(C(=O)Nc2sc3c(c2C#N)CCN(C)C3)cc(OCC)c1OCC.Cl. The number of anilines is 1. The fourth-order valence-corrected chi connectivity index (χ4v) is 4.71. The van der Waals surface area contributed by atoms with Gasteiger partial charge in [0.05, 0.1) is 25.4 Å². The summed E-state index contributed by atoms with van der Waals surface area (Å²) < 4.78 is 17.1. The maximum absolute atomic E-state index is 13.1. The highest BCUT2D eigenvalue weighted by molar-refractivity contribution is 7.16. The lowest BCUT2D eigenvalue weighted by atomic mass is 10.0. The number of amides is 1. The maximum Gasteiger partial charge on any atom is 0.256 e. The molecule has 0 atom stereocenters. The molecule has 0 fully saturated rings. The number of hydrogen-bond acceptors (Lipinski definition) is 7. The van der Waals surface area contributed by atoms with Crippen LogP contribution >= 0.6 is 23.7 Å². The number of carbonyl (C=O) groups excluding carboxylic acids is 1. The summed E-state index contributed by atoms with van der Waals surface area (Å²) >= 11 is 1.47. The second kappa shape index (κ2) is 11.2. The average Bonchev–Trinajstić information content (AvgIpc) is 3.06. The lowest BCUT2D eigenvalue weighted by molar-refractivity contribution is 0.102. The summed E-state index contributed by atoms with van der Waals surface area (Å²) in [5.41, 5.74) is 2.00. The number of benzene rings is 1.